The average Bonchev–Trinajstić information content (AvgIpc) is 2.23. The number of nitrogens with two attached hydrogens (primary N) is 1. The van der Waals surface area contributed by atoms with Crippen molar-refractivity contribution in [2.24, 2.45) is 0 Å². The van der Waals surface area contributed by atoms with Crippen molar-refractivity contribution in [2.75, 3.05) is 35.2 Å². The first-order valence-corrected chi connectivity index (χ1v) is 6.03. The van der Waals surface area contributed by atoms with Gasteiger partial charge in [-0.1, -0.05) is 0 Å². The zero-order valence-corrected chi connectivity index (χ0v) is 8.84. The van der Waals surface area contributed by atoms with E-state index < -0.39 is 16.6 Å². The Morgan fingerprint density at radius 1 is 1.47 bits per heavy atom. The molecule has 0 saturated carbocycles. The van der Waals surface area contributed by atoms with Gasteiger partial charge in [0.05, 0.1) is 6.20 Å². The van der Waals surface area contributed by atoms with Gasteiger partial charge in [0.25, 0.3) is 0 Å². The summed E-state index contributed by atoms with van der Waals surface area (Å²) >= 11 is 0. The van der Waals surface area contributed by atoms with Crippen molar-refractivity contribution in [3.05, 3.63) is 12.0 Å². The monoisotopic (exact) mass is 230 g/mol. The number of hydrogen-bond donors (Lipinski definition) is 1. The predicted molar refractivity (Wildman–Crippen MR) is 56.5 cm³/mol. The highest BCUT2D eigenvalue weighted by atomic mass is 32.2. The molecule has 0 unspecified atom stereocenters. The zero-order chi connectivity index (χ0) is 10.8. The molecule has 1 fully saturated rings. The molecule has 1 aromatic heterocycles. The van der Waals surface area contributed by atoms with Crippen LogP contribution >= 0.6 is 0 Å². The fraction of sp³-hybridized carbons (Fsp3) is 0.500. The number of nitrogens with zero attached hydrogens (tertiary/aromatic N) is 3. The summed E-state index contributed by atoms with van der Waals surface area (Å²) < 4.78 is 24.5. The van der Waals surface area contributed by atoms with Crippen LogP contribution in [0.4, 0.5) is 16.2 Å². The predicted octanol–water partition coefficient (Wildman–Crippen LogP) is -0.233. The molecule has 0 aliphatic carbocycles. The van der Waals surface area contributed by atoms with Crippen molar-refractivity contribution < 1.29 is 8.60 Å². The third-order valence-corrected chi connectivity index (χ3v) is 3.50. The van der Waals surface area contributed by atoms with Gasteiger partial charge in [-0.05, 0) is 0 Å². The number of rotatable bonds is 1. The molecule has 2 rings (SSSR count). The van der Waals surface area contributed by atoms with Crippen molar-refractivity contribution in [2.45, 2.75) is 0 Å². The van der Waals surface area contributed by atoms with E-state index in [4.69, 9.17) is 5.73 Å². The summed E-state index contributed by atoms with van der Waals surface area (Å²) in [5, 5.41) is 0. The van der Waals surface area contributed by atoms with E-state index in [9.17, 15) is 8.60 Å². The lowest BCUT2D eigenvalue weighted by Gasteiger charge is -2.27. The molecule has 2 N–H and O–H groups in total. The van der Waals surface area contributed by atoms with Gasteiger partial charge in [-0.2, -0.15) is 4.98 Å². The van der Waals surface area contributed by atoms with E-state index in [1.165, 1.54) is 0 Å². The Kier molecular flexibility index (Phi) is 2.81. The Morgan fingerprint density at radius 3 is 2.80 bits per heavy atom. The summed E-state index contributed by atoms with van der Waals surface area (Å²) in [6, 6.07) is 0. The van der Waals surface area contributed by atoms with Crippen LogP contribution in [0.2, 0.25) is 0 Å². The van der Waals surface area contributed by atoms with E-state index in [0.717, 1.165) is 6.20 Å². The molecule has 1 aromatic rings. The molecule has 82 valence electrons. The van der Waals surface area contributed by atoms with Gasteiger partial charge >= 0.3 is 0 Å². The van der Waals surface area contributed by atoms with E-state index in [1.54, 1.807) is 4.90 Å². The van der Waals surface area contributed by atoms with Gasteiger partial charge in [-0.15, -0.1) is 0 Å². The third-order valence-electron chi connectivity index (χ3n) is 2.22. The summed E-state index contributed by atoms with van der Waals surface area (Å²) in [5.41, 5.74) is 5.39. The molecule has 0 spiro atoms. The van der Waals surface area contributed by atoms with Gasteiger partial charge in [0, 0.05) is 35.4 Å². The van der Waals surface area contributed by atoms with Crippen molar-refractivity contribution in [1.29, 1.82) is 0 Å². The summed E-state index contributed by atoms with van der Waals surface area (Å²) in [5.74, 6) is 0.862. The highest BCUT2D eigenvalue weighted by Gasteiger charge is 2.19. The van der Waals surface area contributed by atoms with Crippen LogP contribution in [-0.2, 0) is 10.8 Å². The fourth-order valence-electron chi connectivity index (χ4n) is 1.44. The van der Waals surface area contributed by atoms with E-state index >= 15 is 0 Å². The smallest absolute Gasteiger partial charge is 0.222 e. The average molecular weight is 230 g/mol. The van der Waals surface area contributed by atoms with Gasteiger partial charge in [-0.25, -0.2) is 9.37 Å². The van der Waals surface area contributed by atoms with Crippen LogP contribution in [0.1, 0.15) is 0 Å². The lowest BCUT2D eigenvalue weighted by Crippen LogP contribution is -2.38. The Balaban J connectivity index is 2.21. The van der Waals surface area contributed by atoms with Crippen molar-refractivity contribution in [1.82, 2.24) is 9.97 Å². The SMILES string of the molecule is Nc1ncc(F)c(N2CCS(=O)CC2)n1. The molecule has 0 bridgehead atoms. The first kappa shape index (κ1) is 10.3. The standard InChI is InChI=1S/C8H11FN4OS/c9-6-5-11-8(10)12-7(6)13-1-3-15(14)4-2-13/h5H,1-4H2,(H2,10,11,12). The van der Waals surface area contributed by atoms with E-state index in [1.807, 2.05) is 0 Å². The highest BCUT2D eigenvalue weighted by Crippen LogP contribution is 2.17. The van der Waals surface area contributed by atoms with Crippen molar-refractivity contribution in [3.8, 4) is 0 Å². The maximum Gasteiger partial charge on any atom is 0.222 e. The van der Waals surface area contributed by atoms with Gasteiger partial charge in [0.1, 0.15) is 0 Å². The van der Waals surface area contributed by atoms with Gasteiger partial charge in [0.15, 0.2) is 11.6 Å². The van der Waals surface area contributed by atoms with Crippen LogP contribution in [0.3, 0.4) is 0 Å². The maximum atomic E-state index is 13.4. The van der Waals surface area contributed by atoms with Crippen molar-refractivity contribution in [3.63, 3.8) is 0 Å². The van der Waals surface area contributed by atoms with E-state index in [0.29, 0.717) is 24.6 Å². The molecule has 1 aliphatic rings. The molecule has 0 aromatic carbocycles. The minimum absolute atomic E-state index is 0.0538. The normalized spacial score (nSPS) is 18.1. The molecule has 2 heterocycles. The number of nitrogen functional groups attached to an aromatic ring is 1. The third kappa shape index (κ3) is 2.23. The van der Waals surface area contributed by atoms with Gasteiger partial charge in [-0.3, -0.25) is 4.21 Å². The number of halogens is 1. The maximum absolute atomic E-state index is 13.4. The molecule has 1 aliphatic heterocycles. The van der Waals surface area contributed by atoms with Crippen LogP contribution in [-0.4, -0.2) is 38.8 Å². The van der Waals surface area contributed by atoms with Gasteiger partial charge in [0.2, 0.25) is 5.95 Å². The summed E-state index contributed by atoms with van der Waals surface area (Å²) in [4.78, 5) is 9.14. The van der Waals surface area contributed by atoms with E-state index in [2.05, 4.69) is 9.97 Å². The number of hydrogen-bond acceptors (Lipinski definition) is 5. The van der Waals surface area contributed by atoms with Crippen LogP contribution in [0.5, 0.6) is 0 Å². The van der Waals surface area contributed by atoms with Crippen molar-refractivity contribution >= 4 is 22.6 Å². The summed E-state index contributed by atoms with van der Waals surface area (Å²) in [6.07, 6.45) is 1.06. The second-order valence-corrected chi connectivity index (χ2v) is 4.93. The molecule has 7 heteroatoms. The number of aromatic nitrogens is 2. The second kappa shape index (κ2) is 4.09. The molecule has 0 amide bonds. The largest absolute Gasteiger partial charge is 0.368 e. The molecule has 1 saturated heterocycles. The summed E-state index contributed by atoms with van der Waals surface area (Å²) in [6.45, 7) is 1.08. The number of anilines is 2. The summed E-state index contributed by atoms with van der Waals surface area (Å²) in [7, 11) is -0.785. The zero-order valence-electron chi connectivity index (χ0n) is 8.02. The second-order valence-electron chi connectivity index (χ2n) is 3.23. The molecule has 5 nitrogen and oxygen atoms in total. The topological polar surface area (TPSA) is 72.1 Å². The molecule has 0 atom stereocenters. The van der Waals surface area contributed by atoms with E-state index in [-0.39, 0.29) is 11.8 Å². The first-order chi connectivity index (χ1) is 7.16. The quantitative estimate of drug-likeness (QED) is 0.721. The Hall–Kier alpha value is -1.24. The minimum Gasteiger partial charge on any atom is -0.368 e. The molecular formula is C8H11FN4OS. The highest BCUT2D eigenvalue weighted by molar-refractivity contribution is 7.85. The molecule has 15 heavy (non-hydrogen) atoms. The lowest BCUT2D eigenvalue weighted by atomic mass is 10.4. The van der Waals surface area contributed by atoms with Crippen LogP contribution in [0.15, 0.2) is 6.20 Å². The lowest BCUT2D eigenvalue weighted by molar-refractivity contribution is 0.603. The van der Waals surface area contributed by atoms with Gasteiger partial charge < -0.3 is 10.6 Å². The first-order valence-electron chi connectivity index (χ1n) is 4.55. The van der Waals surface area contributed by atoms with Crippen LogP contribution in [0.25, 0.3) is 0 Å². The Bertz CT molecular complexity index is 390. The Morgan fingerprint density at radius 2 is 2.13 bits per heavy atom. The fourth-order valence-corrected chi connectivity index (χ4v) is 2.49. The van der Waals surface area contributed by atoms with Crippen LogP contribution in [0, 0.1) is 5.82 Å². The molecule has 0 radical (unpaired) electrons. The van der Waals surface area contributed by atoms with Crippen LogP contribution < -0.4 is 10.6 Å². The minimum atomic E-state index is -0.785. The molecular weight excluding hydrogens is 219 g/mol. The Labute approximate surface area is 89.0 Å².